The van der Waals surface area contributed by atoms with Crippen molar-refractivity contribution in [1.29, 1.82) is 0 Å². The fourth-order valence-corrected chi connectivity index (χ4v) is 3.60. The highest BCUT2D eigenvalue weighted by atomic mass is 35.5. The van der Waals surface area contributed by atoms with Gasteiger partial charge >= 0.3 is 0 Å². The van der Waals surface area contributed by atoms with E-state index < -0.39 is 0 Å². The Kier molecular flexibility index (Phi) is 4.02. The summed E-state index contributed by atoms with van der Waals surface area (Å²) in [5.41, 5.74) is 4.13. The molecule has 1 N–H and O–H groups in total. The van der Waals surface area contributed by atoms with Gasteiger partial charge in [-0.25, -0.2) is 0 Å². The van der Waals surface area contributed by atoms with E-state index in [1.165, 1.54) is 17.5 Å². The third-order valence-electron chi connectivity index (χ3n) is 4.12. The summed E-state index contributed by atoms with van der Waals surface area (Å²) in [5.74, 6) is 0.626. The second-order valence-electron chi connectivity index (χ2n) is 5.38. The van der Waals surface area contributed by atoms with Crippen molar-refractivity contribution in [2.45, 2.75) is 24.8 Å². The zero-order chi connectivity index (χ0) is 14.1. The fraction of sp³-hybridized carbons (Fsp3) is 0.294. The van der Waals surface area contributed by atoms with Gasteiger partial charge in [-0.1, -0.05) is 47.5 Å². The first-order valence-electron chi connectivity index (χ1n) is 6.88. The molecule has 0 spiro atoms. The maximum absolute atomic E-state index is 6.10. The Bertz CT molecular complexity index is 604. The van der Waals surface area contributed by atoms with Crippen LogP contribution >= 0.6 is 23.2 Å². The van der Waals surface area contributed by atoms with Crippen LogP contribution in [0.1, 0.15) is 35.1 Å². The van der Waals surface area contributed by atoms with E-state index in [0.717, 1.165) is 12.0 Å². The van der Waals surface area contributed by atoms with Crippen LogP contribution in [0.3, 0.4) is 0 Å². The Hall–Kier alpha value is -1.02. The molecule has 2 unspecified atom stereocenters. The SMILES string of the molecule is CNC(CC1Cc2ccccc21)c1cc(Cl)cc(Cl)c1. The van der Waals surface area contributed by atoms with E-state index in [2.05, 4.69) is 29.6 Å². The van der Waals surface area contributed by atoms with E-state index in [1.807, 2.05) is 19.2 Å². The fourth-order valence-electron chi connectivity index (χ4n) is 3.05. The van der Waals surface area contributed by atoms with Crippen LogP contribution in [0.25, 0.3) is 0 Å². The van der Waals surface area contributed by atoms with Gasteiger partial charge in [-0.15, -0.1) is 0 Å². The molecule has 2 aromatic carbocycles. The van der Waals surface area contributed by atoms with Gasteiger partial charge in [0.2, 0.25) is 0 Å². The van der Waals surface area contributed by atoms with Crippen LogP contribution in [0.5, 0.6) is 0 Å². The van der Waals surface area contributed by atoms with Crippen molar-refractivity contribution >= 4 is 23.2 Å². The van der Waals surface area contributed by atoms with Gasteiger partial charge in [0.25, 0.3) is 0 Å². The van der Waals surface area contributed by atoms with Gasteiger partial charge in [-0.2, -0.15) is 0 Å². The predicted molar refractivity (Wildman–Crippen MR) is 85.8 cm³/mol. The highest BCUT2D eigenvalue weighted by Gasteiger charge is 2.28. The molecule has 0 bridgehead atoms. The number of hydrogen-bond donors (Lipinski definition) is 1. The Balaban J connectivity index is 1.79. The summed E-state index contributed by atoms with van der Waals surface area (Å²) in [5, 5.41) is 4.78. The van der Waals surface area contributed by atoms with Crippen LogP contribution in [-0.4, -0.2) is 7.05 Å². The molecular weight excluding hydrogens is 289 g/mol. The van der Waals surface area contributed by atoms with Gasteiger partial charge in [0, 0.05) is 16.1 Å². The first-order valence-corrected chi connectivity index (χ1v) is 7.64. The van der Waals surface area contributed by atoms with Crippen molar-refractivity contribution in [3.63, 3.8) is 0 Å². The molecule has 0 aliphatic heterocycles. The van der Waals surface area contributed by atoms with Gasteiger partial charge in [-0.3, -0.25) is 0 Å². The van der Waals surface area contributed by atoms with Gasteiger partial charge < -0.3 is 5.32 Å². The van der Waals surface area contributed by atoms with E-state index in [9.17, 15) is 0 Å². The van der Waals surface area contributed by atoms with Crippen LogP contribution < -0.4 is 5.32 Å². The lowest BCUT2D eigenvalue weighted by Crippen LogP contribution is -2.25. The van der Waals surface area contributed by atoms with Crippen molar-refractivity contribution in [2.75, 3.05) is 7.05 Å². The topological polar surface area (TPSA) is 12.0 Å². The molecule has 3 rings (SSSR count). The third kappa shape index (κ3) is 2.71. The lowest BCUT2D eigenvalue weighted by molar-refractivity contribution is 0.452. The summed E-state index contributed by atoms with van der Waals surface area (Å²) in [6.07, 6.45) is 2.24. The summed E-state index contributed by atoms with van der Waals surface area (Å²) >= 11 is 12.2. The van der Waals surface area contributed by atoms with Crippen molar-refractivity contribution < 1.29 is 0 Å². The molecule has 0 saturated carbocycles. The van der Waals surface area contributed by atoms with Crippen LogP contribution in [0.15, 0.2) is 42.5 Å². The molecule has 0 radical (unpaired) electrons. The molecule has 0 heterocycles. The molecule has 0 saturated heterocycles. The molecule has 20 heavy (non-hydrogen) atoms. The first-order chi connectivity index (χ1) is 9.67. The number of benzene rings is 2. The van der Waals surface area contributed by atoms with Gasteiger partial charge in [0.05, 0.1) is 0 Å². The van der Waals surface area contributed by atoms with Crippen molar-refractivity contribution in [2.24, 2.45) is 0 Å². The lowest BCUT2D eigenvalue weighted by atomic mass is 9.74. The molecule has 3 heteroatoms. The molecule has 1 aliphatic rings. The lowest BCUT2D eigenvalue weighted by Gasteiger charge is -2.33. The average molecular weight is 306 g/mol. The molecule has 0 fully saturated rings. The number of hydrogen-bond acceptors (Lipinski definition) is 1. The largest absolute Gasteiger partial charge is 0.313 e. The summed E-state index contributed by atoms with van der Waals surface area (Å²) < 4.78 is 0. The molecule has 0 amide bonds. The third-order valence-corrected chi connectivity index (χ3v) is 4.55. The minimum atomic E-state index is 0.282. The smallest absolute Gasteiger partial charge is 0.0424 e. The zero-order valence-electron chi connectivity index (χ0n) is 11.4. The summed E-state index contributed by atoms with van der Waals surface area (Å²) in [6.45, 7) is 0. The van der Waals surface area contributed by atoms with Crippen LogP contribution in [0.4, 0.5) is 0 Å². The minimum Gasteiger partial charge on any atom is -0.313 e. The van der Waals surface area contributed by atoms with E-state index in [4.69, 9.17) is 23.2 Å². The molecule has 2 aromatic rings. The Morgan fingerprint density at radius 1 is 1.15 bits per heavy atom. The minimum absolute atomic E-state index is 0.282. The molecule has 104 valence electrons. The standard InChI is InChI=1S/C17H17Cl2N/c1-20-17(13-7-14(18)10-15(19)8-13)9-12-6-11-4-2-3-5-16(11)12/h2-5,7-8,10,12,17,20H,6,9H2,1H3. The highest BCUT2D eigenvalue weighted by molar-refractivity contribution is 6.34. The second-order valence-corrected chi connectivity index (χ2v) is 6.25. The molecule has 2 atom stereocenters. The van der Waals surface area contributed by atoms with Crippen LogP contribution in [0, 0.1) is 0 Å². The van der Waals surface area contributed by atoms with Gasteiger partial charge in [0.15, 0.2) is 0 Å². The Morgan fingerprint density at radius 3 is 2.50 bits per heavy atom. The normalized spacial score (nSPS) is 18.2. The van der Waals surface area contributed by atoms with Gasteiger partial charge in [0.1, 0.15) is 0 Å². The summed E-state index contributed by atoms with van der Waals surface area (Å²) in [7, 11) is 1.99. The molecule has 1 nitrogen and oxygen atoms in total. The number of rotatable bonds is 4. The number of nitrogens with one attached hydrogen (secondary N) is 1. The first kappa shape index (κ1) is 13.9. The monoisotopic (exact) mass is 305 g/mol. The molecular formula is C17H17Cl2N. The van der Waals surface area contributed by atoms with E-state index in [1.54, 1.807) is 6.07 Å². The predicted octanol–water partition coefficient (Wildman–Crippen LogP) is 4.98. The maximum atomic E-state index is 6.10. The molecule has 0 aromatic heterocycles. The number of fused-ring (bicyclic) bond motifs is 1. The summed E-state index contributed by atoms with van der Waals surface area (Å²) in [4.78, 5) is 0. The average Bonchev–Trinajstić information content (AvgIpc) is 2.39. The van der Waals surface area contributed by atoms with Crippen molar-refractivity contribution in [1.82, 2.24) is 5.32 Å². The van der Waals surface area contributed by atoms with Gasteiger partial charge in [-0.05, 0) is 60.7 Å². The van der Waals surface area contributed by atoms with Crippen LogP contribution in [0.2, 0.25) is 10.0 Å². The Morgan fingerprint density at radius 2 is 1.85 bits per heavy atom. The Labute approximate surface area is 129 Å². The second kappa shape index (κ2) is 5.77. The van der Waals surface area contributed by atoms with E-state index in [0.29, 0.717) is 16.0 Å². The number of halogens is 2. The van der Waals surface area contributed by atoms with Crippen LogP contribution in [-0.2, 0) is 6.42 Å². The summed E-state index contributed by atoms with van der Waals surface area (Å²) in [6, 6.07) is 14.7. The van der Waals surface area contributed by atoms with Crippen molar-refractivity contribution in [3.05, 3.63) is 69.2 Å². The van der Waals surface area contributed by atoms with Crippen molar-refractivity contribution in [3.8, 4) is 0 Å². The molecule has 1 aliphatic carbocycles. The quantitative estimate of drug-likeness (QED) is 0.839. The van der Waals surface area contributed by atoms with E-state index in [-0.39, 0.29) is 6.04 Å². The highest BCUT2D eigenvalue weighted by Crippen LogP contribution is 2.41. The maximum Gasteiger partial charge on any atom is 0.0424 e. The zero-order valence-corrected chi connectivity index (χ0v) is 12.9. The van der Waals surface area contributed by atoms with E-state index >= 15 is 0 Å².